The van der Waals surface area contributed by atoms with Gasteiger partial charge in [-0.1, -0.05) is 12.1 Å². The number of thioether (sulfide) groups is 1. The summed E-state index contributed by atoms with van der Waals surface area (Å²) >= 11 is 1.33. The minimum absolute atomic E-state index is 0.000800. The Kier molecular flexibility index (Phi) is 6.38. The summed E-state index contributed by atoms with van der Waals surface area (Å²) < 4.78 is 0. The number of hydrogen-bond donors (Lipinski definition) is 3. The van der Waals surface area contributed by atoms with Gasteiger partial charge in [0.2, 0.25) is 5.91 Å². The molecule has 0 bridgehead atoms. The van der Waals surface area contributed by atoms with E-state index in [9.17, 15) is 9.59 Å². The Morgan fingerprint density at radius 2 is 1.89 bits per heavy atom. The number of amides is 3. The van der Waals surface area contributed by atoms with Crippen LogP contribution in [0.3, 0.4) is 0 Å². The second-order valence-electron chi connectivity index (χ2n) is 4.27. The quantitative estimate of drug-likeness (QED) is 0.715. The number of rotatable bonds is 5. The third-order valence-electron chi connectivity index (χ3n) is 2.15. The van der Waals surface area contributed by atoms with Crippen LogP contribution in [0.5, 0.6) is 0 Å². The molecular formula is C13H18N2O3S. The van der Waals surface area contributed by atoms with E-state index in [0.29, 0.717) is 0 Å². The fourth-order valence-corrected chi connectivity index (χ4v) is 2.00. The zero-order valence-corrected chi connectivity index (χ0v) is 11.8. The van der Waals surface area contributed by atoms with Crippen LogP contribution in [-0.2, 0) is 11.4 Å². The Balaban J connectivity index is 2.35. The molecule has 3 N–H and O–H groups in total. The highest BCUT2D eigenvalue weighted by atomic mass is 32.2. The third-order valence-corrected chi connectivity index (χ3v) is 3.16. The van der Waals surface area contributed by atoms with E-state index in [1.807, 2.05) is 26.0 Å². The Hall–Kier alpha value is -1.53. The van der Waals surface area contributed by atoms with Crippen LogP contribution >= 0.6 is 11.8 Å². The van der Waals surface area contributed by atoms with Crippen molar-refractivity contribution >= 4 is 23.7 Å². The van der Waals surface area contributed by atoms with Crippen LogP contribution in [0.2, 0.25) is 0 Å². The molecule has 0 heterocycles. The molecule has 0 aliphatic rings. The predicted octanol–water partition coefficient (Wildman–Crippen LogP) is 1.51. The summed E-state index contributed by atoms with van der Waals surface area (Å²) in [5.74, 6) is -0.168. The molecule has 0 unspecified atom stereocenters. The Labute approximate surface area is 116 Å². The molecule has 5 nitrogen and oxygen atoms in total. The zero-order valence-electron chi connectivity index (χ0n) is 11.0. The first-order valence-electron chi connectivity index (χ1n) is 5.94. The molecule has 1 rings (SSSR count). The molecule has 0 saturated heterocycles. The minimum atomic E-state index is -0.476. The molecular weight excluding hydrogens is 264 g/mol. The summed E-state index contributed by atoms with van der Waals surface area (Å²) in [6.45, 7) is 3.64. The number of urea groups is 1. The first-order valence-corrected chi connectivity index (χ1v) is 6.92. The van der Waals surface area contributed by atoms with Crippen molar-refractivity contribution in [2.24, 2.45) is 0 Å². The molecule has 19 heavy (non-hydrogen) atoms. The molecule has 104 valence electrons. The largest absolute Gasteiger partial charge is 0.392 e. The molecule has 0 spiro atoms. The highest BCUT2D eigenvalue weighted by Crippen LogP contribution is 2.18. The fraction of sp³-hybridized carbons (Fsp3) is 0.385. The number of hydrogen-bond acceptors (Lipinski definition) is 4. The lowest BCUT2D eigenvalue weighted by molar-refractivity contribution is -0.117. The van der Waals surface area contributed by atoms with Crippen molar-refractivity contribution in [1.82, 2.24) is 10.6 Å². The number of aliphatic hydroxyl groups is 1. The van der Waals surface area contributed by atoms with Gasteiger partial charge in [-0.25, -0.2) is 4.79 Å². The van der Waals surface area contributed by atoms with Crippen LogP contribution in [0, 0.1) is 0 Å². The molecule has 0 aliphatic heterocycles. The van der Waals surface area contributed by atoms with Gasteiger partial charge in [0, 0.05) is 10.9 Å². The minimum Gasteiger partial charge on any atom is -0.392 e. The van der Waals surface area contributed by atoms with E-state index in [1.54, 1.807) is 12.1 Å². The maximum absolute atomic E-state index is 11.5. The van der Waals surface area contributed by atoms with Crippen molar-refractivity contribution in [3.05, 3.63) is 29.8 Å². The fourth-order valence-electron chi connectivity index (χ4n) is 1.30. The first kappa shape index (κ1) is 15.5. The number of nitrogens with one attached hydrogen (secondary N) is 2. The maximum Gasteiger partial charge on any atom is 0.321 e. The van der Waals surface area contributed by atoms with Gasteiger partial charge >= 0.3 is 6.03 Å². The number of aliphatic hydroxyl groups excluding tert-OH is 1. The Morgan fingerprint density at radius 1 is 1.26 bits per heavy atom. The lowest BCUT2D eigenvalue weighted by atomic mass is 10.2. The van der Waals surface area contributed by atoms with Crippen molar-refractivity contribution in [1.29, 1.82) is 0 Å². The lowest BCUT2D eigenvalue weighted by Crippen LogP contribution is -2.43. The van der Waals surface area contributed by atoms with Gasteiger partial charge in [-0.3, -0.25) is 10.1 Å². The van der Waals surface area contributed by atoms with E-state index in [0.717, 1.165) is 10.5 Å². The Morgan fingerprint density at radius 3 is 2.42 bits per heavy atom. The van der Waals surface area contributed by atoms with Crippen LogP contribution in [0.4, 0.5) is 4.79 Å². The molecule has 0 atom stereocenters. The van der Waals surface area contributed by atoms with Gasteiger partial charge in [-0.15, -0.1) is 11.8 Å². The van der Waals surface area contributed by atoms with Crippen LogP contribution in [0.25, 0.3) is 0 Å². The van der Waals surface area contributed by atoms with Crippen molar-refractivity contribution < 1.29 is 14.7 Å². The zero-order chi connectivity index (χ0) is 14.3. The molecule has 0 radical (unpaired) electrons. The van der Waals surface area contributed by atoms with Gasteiger partial charge < -0.3 is 10.4 Å². The van der Waals surface area contributed by atoms with Gasteiger partial charge in [0.1, 0.15) is 0 Å². The topological polar surface area (TPSA) is 78.4 Å². The molecule has 0 aromatic heterocycles. The van der Waals surface area contributed by atoms with Gasteiger partial charge in [-0.2, -0.15) is 0 Å². The summed E-state index contributed by atoms with van der Waals surface area (Å²) in [5.41, 5.74) is 0.824. The van der Waals surface area contributed by atoms with Gasteiger partial charge in [0.05, 0.1) is 12.4 Å². The molecule has 6 heteroatoms. The third kappa shape index (κ3) is 6.26. The van der Waals surface area contributed by atoms with Crippen molar-refractivity contribution in [2.75, 3.05) is 5.75 Å². The molecule has 0 aliphatic carbocycles. The SMILES string of the molecule is CC(C)NC(=O)NC(=O)CSc1ccc(CO)cc1. The summed E-state index contributed by atoms with van der Waals surface area (Å²) in [6.07, 6.45) is 0. The van der Waals surface area contributed by atoms with Crippen molar-refractivity contribution in [3.8, 4) is 0 Å². The second-order valence-corrected chi connectivity index (χ2v) is 5.32. The smallest absolute Gasteiger partial charge is 0.321 e. The lowest BCUT2D eigenvalue weighted by Gasteiger charge is -2.09. The first-order chi connectivity index (χ1) is 9.01. The molecule has 3 amide bonds. The van der Waals surface area contributed by atoms with Crippen molar-refractivity contribution in [2.45, 2.75) is 31.4 Å². The van der Waals surface area contributed by atoms with Crippen LogP contribution < -0.4 is 10.6 Å². The summed E-state index contributed by atoms with van der Waals surface area (Å²) in [5, 5.41) is 13.7. The van der Waals surface area contributed by atoms with Gasteiger partial charge in [0.25, 0.3) is 0 Å². The van der Waals surface area contributed by atoms with Crippen molar-refractivity contribution in [3.63, 3.8) is 0 Å². The maximum atomic E-state index is 11.5. The monoisotopic (exact) mass is 282 g/mol. The number of carbonyl (C=O) groups excluding carboxylic acids is 2. The summed E-state index contributed by atoms with van der Waals surface area (Å²) in [7, 11) is 0. The van der Waals surface area contributed by atoms with E-state index in [2.05, 4.69) is 10.6 Å². The number of imide groups is 1. The van der Waals surface area contributed by atoms with E-state index in [4.69, 9.17) is 5.11 Å². The number of carbonyl (C=O) groups is 2. The second kappa shape index (κ2) is 7.81. The summed E-state index contributed by atoms with van der Waals surface area (Å²) in [6, 6.07) is 6.77. The standard InChI is InChI=1S/C13H18N2O3S/c1-9(2)14-13(18)15-12(17)8-19-11-5-3-10(7-16)4-6-11/h3-6,9,16H,7-8H2,1-2H3,(H2,14,15,17,18). The van der Waals surface area contributed by atoms with Crippen LogP contribution in [0.15, 0.2) is 29.2 Å². The van der Waals surface area contributed by atoms with E-state index < -0.39 is 6.03 Å². The van der Waals surface area contributed by atoms with Crippen LogP contribution in [0.1, 0.15) is 19.4 Å². The highest BCUT2D eigenvalue weighted by molar-refractivity contribution is 8.00. The van der Waals surface area contributed by atoms with Crippen LogP contribution in [-0.4, -0.2) is 28.8 Å². The van der Waals surface area contributed by atoms with E-state index in [1.165, 1.54) is 11.8 Å². The molecule has 0 fully saturated rings. The molecule has 1 aromatic carbocycles. The van der Waals surface area contributed by atoms with Gasteiger partial charge in [0.15, 0.2) is 0 Å². The average molecular weight is 282 g/mol. The Bertz CT molecular complexity index is 432. The van der Waals surface area contributed by atoms with E-state index >= 15 is 0 Å². The molecule has 0 saturated carbocycles. The predicted molar refractivity (Wildman–Crippen MR) is 74.9 cm³/mol. The highest BCUT2D eigenvalue weighted by Gasteiger charge is 2.08. The molecule has 1 aromatic rings. The normalized spacial score (nSPS) is 10.3. The average Bonchev–Trinajstić information content (AvgIpc) is 2.36. The van der Waals surface area contributed by atoms with E-state index in [-0.39, 0.29) is 24.3 Å². The summed E-state index contributed by atoms with van der Waals surface area (Å²) in [4.78, 5) is 23.7. The van der Waals surface area contributed by atoms with Gasteiger partial charge in [-0.05, 0) is 31.5 Å². The number of benzene rings is 1.